The van der Waals surface area contributed by atoms with Crippen LogP contribution in [0.1, 0.15) is 54.4 Å². The zero-order chi connectivity index (χ0) is 14.5. The molecule has 1 rings (SSSR count). The highest BCUT2D eigenvalue weighted by Crippen LogP contribution is 2.21. The molecule has 1 N–H and O–H groups in total. The molecule has 0 aromatic rings. The van der Waals surface area contributed by atoms with Crippen molar-refractivity contribution < 1.29 is 4.74 Å². The summed E-state index contributed by atoms with van der Waals surface area (Å²) in [7, 11) is 0. The van der Waals surface area contributed by atoms with Crippen molar-refractivity contribution in [2.75, 3.05) is 26.2 Å². The standard InChI is InChI=1S/C16H34N2O/c1-7-9-14-11-18(12-16(5,6)19-8-2)15(10-17-14)13(3)4/h13-15,17H,7-12H2,1-6H3. The van der Waals surface area contributed by atoms with Gasteiger partial charge in [-0.15, -0.1) is 0 Å². The maximum absolute atomic E-state index is 5.89. The Morgan fingerprint density at radius 3 is 2.53 bits per heavy atom. The largest absolute Gasteiger partial charge is 0.375 e. The molecule has 0 aromatic carbocycles. The third-order valence-corrected chi connectivity index (χ3v) is 4.07. The van der Waals surface area contributed by atoms with E-state index in [0.29, 0.717) is 18.0 Å². The monoisotopic (exact) mass is 270 g/mol. The van der Waals surface area contributed by atoms with E-state index in [4.69, 9.17) is 4.74 Å². The van der Waals surface area contributed by atoms with E-state index in [-0.39, 0.29) is 5.60 Å². The van der Waals surface area contributed by atoms with Gasteiger partial charge in [-0.05, 0) is 33.1 Å². The summed E-state index contributed by atoms with van der Waals surface area (Å²) in [6.45, 7) is 17.5. The van der Waals surface area contributed by atoms with E-state index in [2.05, 4.69) is 51.8 Å². The van der Waals surface area contributed by atoms with E-state index in [1.165, 1.54) is 12.8 Å². The predicted octanol–water partition coefficient (Wildman–Crippen LogP) is 2.90. The van der Waals surface area contributed by atoms with Crippen molar-refractivity contribution >= 4 is 0 Å². The summed E-state index contributed by atoms with van der Waals surface area (Å²) < 4.78 is 5.89. The van der Waals surface area contributed by atoms with Crippen molar-refractivity contribution in [3.63, 3.8) is 0 Å². The Labute approximate surface area is 120 Å². The van der Waals surface area contributed by atoms with Gasteiger partial charge in [0, 0.05) is 38.3 Å². The molecule has 0 aliphatic carbocycles. The summed E-state index contributed by atoms with van der Waals surface area (Å²) in [5.74, 6) is 0.688. The molecular weight excluding hydrogens is 236 g/mol. The fraction of sp³-hybridized carbons (Fsp3) is 1.00. The van der Waals surface area contributed by atoms with Crippen LogP contribution in [0.15, 0.2) is 0 Å². The van der Waals surface area contributed by atoms with Crippen LogP contribution in [0.25, 0.3) is 0 Å². The number of nitrogens with one attached hydrogen (secondary N) is 1. The van der Waals surface area contributed by atoms with E-state index in [9.17, 15) is 0 Å². The van der Waals surface area contributed by atoms with Gasteiger partial charge in [0.05, 0.1) is 5.60 Å². The summed E-state index contributed by atoms with van der Waals surface area (Å²) in [5, 5.41) is 3.72. The van der Waals surface area contributed by atoms with Gasteiger partial charge in [0.2, 0.25) is 0 Å². The maximum Gasteiger partial charge on any atom is 0.0752 e. The highest BCUT2D eigenvalue weighted by molar-refractivity contribution is 4.90. The van der Waals surface area contributed by atoms with Crippen molar-refractivity contribution in [1.82, 2.24) is 10.2 Å². The summed E-state index contributed by atoms with van der Waals surface area (Å²) >= 11 is 0. The van der Waals surface area contributed by atoms with Crippen LogP contribution in [-0.2, 0) is 4.74 Å². The molecule has 0 bridgehead atoms. The lowest BCUT2D eigenvalue weighted by molar-refractivity contribution is -0.0539. The maximum atomic E-state index is 5.89. The van der Waals surface area contributed by atoms with Gasteiger partial charge >= 0.3 is 0 Å². The first-order chi connectivity index (χ1) is 8.89. The van der Waals surface area contributed by atoms with Gasteiger partial charge in [0.1, 0.15) is 0 Å². The number of nitrogens with zero attached hydrogens (tertiary/aromatic N) is 1. The molecule has 19 heavy (non-hydrogen) atoms. The summed E-state index contributed by atoms with van der Waals surface area (Å²) in [4.78, 5) is 2.65. The smallest absolute Gasteiger partial charge is 0.0752 e. The Balaban J connectivity index is 2.66. The Hall–Kier alpha value is -0.120. The van der Waals surface area contributed by atoms with Crippen LogP contribution in [0, 0.1) is 5.92 Å². The van der Waals surface area contributed by atoms with E-state index in [0.717, 1.165) is 26.2 Å². The molecule has 0 amide bonds. The third-order valence-electron chi connectivity index (χ3n) is 4.07. The highest BCUT2D eigenvalue weighted by atomic mass is 16.5. The first kappa shape index (κ1) is 16.9. The molecule has 1 aliphatic rings. The average Bonchev–Trinajstić information content (AvgIpc) is 2.28. The minimum absolute atomic E-state index is 0.0456. The molecule has 1 aliphatic heterocycles. The normalized spacial score (nSPS) is 26.1. The van der Waals surface area contributed by atoms with E-state index in [1.54, 1.807) is 0 Å². The number of hydrogen-bond donors (Lipinski definition) is 1. The molecule has 114 valence electrons. The second kappa shape index (κ2) is 7.61. The number of ether oxygens (including phenoxy) is 1. The second-order valence-corrected chi connectivity index (χ2v) is 6.83. The molecule has 3 heteroatoms. The Morgan fingerprint density at radius 2 is 2.00 bits per heavy atom. The topological polar surface area (TPSA) is 24.5 Å². The lowest BCUT2D eigenvalue weighted by Crippen LogP contribution is -2.60. The quantitative estimate of drug-likeness (QED) is 0.770. The van der Waals surface area contributed by atoms with Crippen LogP contribution >= 0.6 is 0 Å². The van der Waals surface area contributed by atoms with Crippen molar-refractivity contribution in [3.8, 4) is 0 Å². The molecule has 0 saturated carbocycles. The molecule has 2 unspecified atom stereocenters. The summed E-state index contributed by atoms with van der Waals surface area (Å²) in [6, 6.07) is 1.28. The van der Waals surface area contributed by atoms with Gasteiger partial charge in [-0.1, -0.05) is 27.2 Å². The molecule has 0 aromatic heterocycles. The molecule has 1 fully saturated rings. The minimum atomic E-state index is -0.0456. The van der Waals surface area contributed by atoms with Crippen molar-refractivity contribution in [1.29, 1.82) is 0 Å². The van der Waals surface area contributed by atoms with Gasteiger partial charge in [-0.2, -0.15) is 0 Å². The second-order valence-electron chi connectivity index (χ2n) is 6.83. The third kappa shape index (κ3) is 5.41. The van der Waals surface area contributed by atoms with Crippen LogP contribution in [0.4, 0.5) is 0 Å². The van der Waals surface area contributed by atoms with Gasteiger partial charge < -0.3 is 10.1 Å². The van der Waals surface area contributed by atoms with Crippen LogP contribution < -0.4 is 5.32 Å². The first-order valence-corrected chi connectivity index (χ1v) is 8.01. The highest BCUT2D eigenvalue weighted by Gasteiger charge is 2.33. The van der Waals surface area contributed by atoms with Crippen LogP contribution in [0.2, 0.25) is 0 Å². The van der Waals surface area contributed by atoms with Crippen molar-refractivity contribution in [2.24, 2.45) is 5.92 Å². The number of piperazine rings is 1. The van der Waals surface area contributed by atoms with Gasteiger partial charge in [0.15, 0.2) is 0 Å². The van der Waals surface area contributed by atoms with Gasteiger partial charge in [-0.25, -0.2) is 0 Å². The molecule has 2 atom stereocenters. The van der Waals surface area contributed by atoms with Gasteiger partial charge in [0.25, 0.3) is 0 Å². The number of hydrogen-bond acceptors (Lipinski definition) is 3. The summed E-state index contributed by atoms with van der Waals surface area (Å²) in [5.41, 5.74) is -0.0456. The first-order valence-electron chi connectivity index (χ1n) is 8.01. The number of rotatable bonds is 7. The van der Waals surface area contributed by atoms with Crippen molar-refractivity contribution in [3.05, 3.63) is 0 Å². The minimum Gasteiger partial charge on any atom is -0.375 e. The SMILES string of the molecule is CCCC1CN(CC(C)(C)OCC)C(C(C)C)CN1. The van der Waals surface area contributed by atoms with E-state index in [1.807, 2.05) is 0 Å². The van der Waals surface area contributed by atoms with Gasteiger partial charge in [-0.3, -0.25) is 4.90 Å². The van der Waals surface area contributed by atoms with Crippen molar-refractivity contribution in [2.45, 2.75) is 72.1 Å². The van der Waals surface area contributed by atoms with E-state index >= 15 is 0 Å². The lowest BCUT2D eigenvalue weighted by atomic mass is 9.95. The molecule has 1 heterocycles. The lowest BCUT2D eigenvalue weighted by Gasteiger charge is -2.45. The average molecular weight is 270 g/mol. The van der Waals surface area contributed by atoms with Crippen LogP contribution in [0.5, 0.6) is 0 Å². The zero-order valence-corrected chi connectivity index (χ0v) is 13.8. The fourth-order valence-corrected chi connectivity index (χ4v) is 3.21. The molecule has 0 spiro atoms. The van der Waals surface area contributed by atoms with E-state index < -0.39 is 0 Å². The summed E-state index contributed by atoms with van der Waals surface area (Å²) in [6.07, 6.45) is 2.53. The van der Waals surface area contributed by atoms with Crippen LogP contribution in [-0.4, -0.2) is 48.8 Å². The van der Waals surface area contributed by atoms with Crippen LogP contribution in [0.3, 0.4) is 0 Å². The molecule has 3 nitrogen and oxygen atoms in total. The predicted molar refractivity (Wildman–Crippen MR) is 82.6 cm³/mol. The Kier molecular flexibility index (Phi) is 6.78. The molecule has 0 radical (unpaired) electrons. The fourth-order valence-electron chi connectivity index (χ4n) is 3.21. The zero-order valence-electron chi connectivity index (χ0n) is 13.8. The Bertz CT molecular complexity index is 253. The molecular formula is C16H34N2O. The Morgan fingerprint density at radius 1 is 1.32 bits per heavy atom. The molecule has 1 saturated heterocycles.